The van der Waals surface area contributed by atoms with Gasteiger partial charge in [-0.1, -0.05) is 18.2 Å². The summed E-state index contributed by atoms with van der Waals surface area (Å²) in [6, 6.07) is 9.75. The second-order valence-electron chi connectivity index (χ2n) is 4.91. The smallest absolute Gasteiger partial charge is 0.229 e. The zero-order valence-electron chi connectivity index (χ0n) is 11.8. The largest absolute Gasteiger partial charge is 0.310 e. The van der Waals surface area contributed by atoms with Gasteiger partial charge in [-0.15, -0.1) is 0 Å². The van der Waals surface area contributed by atoms with Crippen molar-refractivity contribution >= 4 is 27.7 Å². The Labute approximate surface area is 127 Å². The number of halogens is 1. The summed E-state index contributed by atoms with van der Waals surface area (Å²) in [7, 11) is 0. The van der Waals surface area contributed by atoms with Crippen molar-refractivity contribution < 1.29 is 4.79 Å². The number of carbonyl (C=O) groups is 1. The number of hydrogen-bond donors (Lipinski definition) is 1. The Morgan fingerprint density at radius 2 is 1.90 bits per heavy atom. The van der Waals surface area contributed by atoms with E-state index in [-0.39, 0.29) is 5.91 Å². The first-order valence-electron chi connectivity index (χ1n) is 6.45. The summed E-state index contributed by atoms with van der Waals surface area (Å²) in [4.78, 5) is 16.3. The molecular weight excluding hydrogens is 316 g/mol. The van der Waals surface area contributed by atoms with Gasteiger partial charge in [0.25, 0.3) is 0 Å². The van der Waals surface area contributed by atoms with Crippen LogP contribution in [0.4, 0.5) is 5.82 Å². The summed E-state index contributed by atoms with van der Waals surface area (Å²) in [5.74, 6) is 0.530. The highest BCUT2D eigenvalue weighted by molar-refractivity contribution is 9.10. The Morgan fingerprint density at radius 3 is 2.55 bits per heavy atom. The molecule has 0 fully saturated rings. The molecule has 0 atom stereocenters. The molecule has 20 heavy (non-hydrogen) atoms. The van der Waals surface area contributed by atoms with Crippen LogP contribution in [-0.2, 0) is 11.2 Å². The van der Waals surface area contributed by atoms with Crippen LogP contribution in [0, 0.1) is 20.8 Å². The van der Waals surface area contributed by atoms with Crippen LogP contribution in [0.1, 0.15) is 22.4 Å². The topological polar surface area (TPSA) is 42.0 Å². The number of benzene rings is 1. The minimum Gasteiger partial charge on any atom is -0.310 e. The summed E-state index contributed by atoms with van der Waals surface area (Å²) >= 11 is 3.39. The van der Waals surface area contributed by atoms with Crippen LogP contribution in [0.15, 0.2) is 34.8 Å². The monoisotopic (exact) mass is 332 g/mol. The summed E-state index contributed by atoms with van der Waals surface area (Å²) < 4.78 is 0.935. The lowest BCUT2D eigenvalue weighted by molar-refractivity contribution is -0.115. The van der Waals surface area contributed by atoms with Gasteiger partial charge in [0.15, 0.2) is 0 Å². The quantitative estimate of drug-likeness (QED) is 0.924. The Balaban J connectivity index is 2.04. The van der Waals surface area contributed by atoms with Crippen LogP contribution in [0.5, 0.6) is 0 Å². The second kappa shape index (κ2) is 6.18. The molecule has 0 spiro atoms. The van der Waals surface area contributed by atoms with Crippen molar-refractivity contribution in [2.45, 2.75) is 27.2 Å². The normalized spacial score (nSPS) is 10.4. The molecule has 0 saturated heterocycles. The lowest BCUT2D eigenvalue weighted by Crippen LogP contribution is -2.15. The third kappa shape index (κ3) is 3.67. The molecule has 4 heteroatoms. The maximum Gasteiger partial charge on any atom is 0.229 e. The Hall–Kier alpha value is -1.68. The molecule has 2 rings (SSSR count). The van der Waals surface area contributed by atoms with Crippen molar-refractivity contribution in [3.63, 3.8) is 0 Å². The van der Waals surface area contributed by atoms with Crippen molar-refractivity contribution in [2.75, 3.05) is 5.32 Å². The van der Waals surface area contributed by atoms with Crippen LogP contribution in [0.25, 0.3) is 0 Å². The van der Waals surface area contributed by atoms with Gasteiger partial charge in [0.1, 0.15) is 5.82 Å². The lowest BCUT2D eigenvalue weighted by atomic mass is 10.0. The molecule has 3 nitrogen and oxygen atoms in total. The van der Waals surface area contributed by atoms with E-state index in [2.05, 4.69) is 46.1 Å². The van der Waals surface area contributed by atoms with Crippen molar-refractivity contribution in [3.05, 3.63) is 57.2 Å². The summed E-state index contributed by atoms with van der Waals surface area (Å²) in [5, 5.41) is 2.82. The predicted molar refractivity (Wildman–Crippen MR) is 84.9 cm³/mol. The number of nitrogens with one attached hydrogen (secondary N) is 1. The van der Waals surface area contributed by atoms with Gasteiger partial charge in [-0.2, -0.15) is 0 Å². The van der Waals surface area contributed by atoms with E-state index in [0.29, 0.717) is 12.2 Å². The molecular formula is C16H17BrN2O. The van der Waals surface area contributed by atoms with Gasteiger partial charge in [-0.25, -0.2) is 4.98 Å². The van der Waals surface area contributed by atoms with Crippen molar-refractivity contribution in [2.24, 2.45) is 0 Å². The minimum absolute atomic E-state index is 0.0533. The van der Waals surface area contributed by atoms with Gasteiger partial charge in [0.2, 0.25) is 5.91 Å². The molecule has 1 N–H and O–H groups in total. The first-order chi connectivity index (χ1) is 9.45. The Morgan fingerprint density at radius 1 is 1.15 bits per heavy atom. The molecule has 1 aromatic heterocycles. The number of hydrogen-bond acceptors (Lipinski definition) is 2. The van der Waals surface area contributed by atoms with E-state index < -0.39 is 0 Å². The molecule has 0 bridgehead atoms. The molecule has 0 aliphatic rings. The fourth-order valence-electron chi connectivity index (χ4n) is 1.90. The zero-order chi connectivity index (χ0) is 14.7. The van der Waals surface area contributed by atoms with Crippen molar-refractivity contribution in [1.82, 2.24) is 4.98 Å². The molecule has 1 aromatic carbocycles. The molecule has 2 aromatic rings. The SMILES string of the molecule is Cc1ccc(CC(=O)Nc2ccc(Br)c(C)n2)cc1C. The number of aryl methyl sites for hydroxylation is 3. The highest BCUT2D eigenvalue weighted by Gasteiger charge is 2.07. The number of carbonyl (C=O) groups excluding carboxylic acids is 1. The van der Waals surface area contributed by atoms with Crippen LogP contribution in [0.3, 0.4) is 0 Å². The number of rotatable bonds is 3. The Bertz CT molecular complexity index is 597. The first-order valence-corrected chi connectivity index (χ1v) is 7.24. The molecule has 0 aliphatic heterocycles. The average molecular weight is 333 g/mol. The van der Waals surface area contributed by atoms with E-state index >= 15 is 0 Å². The van der Waals surface area contributed by atoms with Crippen LogP contribution in [0.2, 0.25) is 0 Å². The molecule has 0 radical (unpaired) electrons. The van der Waals surface area contributed by atoms with Gasteiger partial charge in [-0.3, -0.25) is 4.79 Å². The molecule has 0 unspecified atom stereocenters. The second-order valence-corrected chi connectivity index (χ2v) is 5.76. The predicted octanol–water partition coefficient (Wildman–Crippen LogP) is 3.95. The van der Waals surface area contributed by atoms with Gasteiger partial charge in [0, 0.05) is 4.47 Å². The van der Waals surface area contributed by atoms with Gasteiger partial charge in [-0.05, 0) is 65.5 Å². The third-order valence-electron chi connectivity index (χ3n) is 3.22. The average Bonchev–Trinajstić information content (AvgIpc) is 2.38. The van der Waals surface area contributed by atoms with E-state index in [1.54, 1.807) is 6.07 Å². The van der Waals surface area contributed by atoms with E-state index in [1.807, 2.05) is 25.1 Å². The number of nitrogens with zero attached hydrogens (tertiary/aromatic N) is 1. The fraction of sp³-hybridized carbons (Fsp3) is 0.250. The summed E-state index contributed by atoms with van der Waals surface area (Å²) in [6.07, 6.45) is 0.359. The van der Waals surface area contributed by atoms with Gasteiger partial charge < -0.3 is 5.32 Å². The summed E-state index contributed by atoms with van der Waals surface area (Å²) in [5.41, 5.74) is 4.31. The van der Waals surface area contributed by atoms with Crippen molar-refractivity contribution in [3.8, 4) is 0 Å². The number of pyridine rings is 1. The maximum absolute atomic E-state index is 12.0. The molecule has 104 valence electrons. The van der Waals surface area contributed by atoms with Crippen LogP contribution < -0.4 is 5.32 Å². The van der Waals surface area contributed by atoms with E-state index in [9.17, 15) is 4.79 Å². The zero-order valence-corrected chi connectivity index (χ0v) is 13.4. The fourth-order valence-corrected chi connectivity index (χ4v) is 2.12. The lowest BCUT2D eigenvalue weighted by Gasteiger charge is -2.07. The molecule has 1 amide bonds. The molecule has 0 aliphatic carbocycles. The standard InChI is InChI=1S/C16H17BrN2O/c1-10-4-5-13(8-11(10)2)9-16(20)19-15-7-6-14(17)12(3)18-15/h4-8H,9H2,1-3H3,(H,18,19,20). The number of aromatic nitrogens is 1. The number of anilines is 1. The van der Waals surface area contributed by atoms with E-state index in [1.165, 1.54) is 11.1 Å². The first kappa shape index (κ1) is 14.7. The highest BCUT2D eigenvalue weighted by atomic mass is 79.9. The van der Waals surface area contributed by atoms with Crippen LogP contribution in [-0.4, -0.2) is 10.9 Å². The third-order valence-corrected chi connectivity index (χ3v) is 4.06. The van der Waals surface area contributed by atoms with Gasteiger partial charge in [0.05, 0.1) is 12.1 Å². The Kier molecular flexibility index (Phi) is 4.55. The maximum atomic E-state index is 12.0. The van der Waals surface area contributed by atoms with E-state index in [4.69, 9.17) is 0 Å². The summed E-state index contributed by atoms with van der Waals surface area (Å²) in [6.45, 7) is 6.01. The molecule has 0 saturated carbocycles. The van der Waals surface area contributed by atoms with Gasteiger partial charge >= 0.3 is 0 Å². The number of amides is 1. The van der Waals surface area contributed by atoms with Crippen molar-refractivity contribution in [1.29, 1.82) is 0 Å². The minimum atomic E-state index is -0.0533. The van der Waals surface area contributed by atoms with Crippen LogP contribution >= 0.6 is 15.9 Å². The highest BCUT2D eigenvalue weighted by Crippen LogP contribution is 2.16. The van der Waals surface area contributed by atoms with E-state index in [0.717, 1.165) is 15.7 Å². The molecule has 1 heterocycles.